The van der Waals surface area contributed by atoms with E-state index in [2.05, 4.69) is 46.4 Å². The summed E-state index contributed by atoms with van der Waals surface area (Å²) in [5.74, 6) is -0.977. The SMILES string of the molecule is COCCOC1(N2CCN(C(C)C)CC2)C=CC2NC=C(C(N)=O)C(Nc3ccc(C)cc3F)=C2C1. The van der Waals surface area contributed by atoms with Crippen LogP contribution in [0.5, 0.6) is 0 Å². The van der Waals surface area contributed by atoms with E-state index in [0.29, 0.717) is 37.1 Å². The molecular weight excluding hydrogens is 461 g/mol. The highest BCUT2D eigenvalue weighted by molar-refractivity contribution is 5.98. The fourth-order valence-electron chi connectivity index (χ4n) is 5.15. The summed E-state index contributed by atoms with van der Waals surface area (Å²) in [5, 5.41) is 6.47. The number of hydrogen-bond acceptors (Lipinski definition) is 7. The van der Waals surface area contributed by atoms with Crippen LogP contribution in [0.3, 0.4) is 0 Å². The Bertz CT molecular complexity index is 1060. The zero-order chi connectivity index (χ0) is 25.9. The van der Waals surface area contributed by atoms with Crippen molar-refractivity contribution in [3.63, 3.8) is 0 Å². The van der Waals surface area contributed by atoms with Gasteiger partial charge >= 0.3 is 0 Å². The van der Waals surface area contributed by atoms with Gasteiger partial charge in [0.2, 0.25) is 0 Å². The maximum absolute atomic E-state index is 14.8. The number of aryl methyl sites for hydroxylation is 1. The van der Waals surface area contributed by atoms with Crippen LogP contribution in [0.2, 0.25) is 0 Å². The fourth-order valence-corrected chi connectivity index (χ4v) is 5.15. The number of fused-ring (bicyclic) bond motifs is 1. The molecule has 9 heteroatoms. The summed E-state index contributed by atoms with van der Waals surface area (Å²) in [6.45, 7) is 10.7. The highest BCUT2D eigenvalue weighted by Gasteiger charge is 2.44. The van der Waals surface area contributed by atoms with Crippen molar-refractivity contribution in [3.8, 4) is 0 Å². The molecular formula is C27H38FN5O3. The number of amides is 1. The van der Waals surface area contributed by atoms with Gasteiger partial charge in [0.1, 0.15) is 11.5 Å². The fraction of sp³-hybridized carbons (Fsp3) is 0.519. The maximum Gasteiger partial charge on any atom is 0.252 e. The summed E-state index contributed by atoms with van der Waals surface area (Å²) in [6, 6.07) is 5.29. The van der Waals surface area contributed by atoms with Crippen molar-refractivity contribution in [2.45, 2.75) is 45.0 Å². The van der Waals surface area contributed by atoms with Crippen LogP contribution >= 0.6 is 0 Å². The molecule has 1 aromatic carbocycles. The third-order valence-corrected chi connectivity index (χ3v) is 7.23. The van der Waals surface area contributed by atoms with Crippen molar-refractivity contribution >= 4 is 11.6 Å². The van der Waals surface area contributed by atoms with Gasteiger partial charge in [-0.3, -0.25) is 14.6 Å². The van der Waals surface area contributed by atoms with E-state index in [4.69, 9.17) is 15.2 Å². The largest absolute Gasteiger partial charge is 0.382 e. The molecule has 4 rings (SSSR count). The molecule has 1 fully saturated rings. The molecule has 0 spiro atoms. The second-order valence-electron chi connectivity index (χ2n) is 9.91. The Morgan fingerprint density at radius 3 is 2.67 bits per heavy atom. The Balaban J connectivity index is 1.72. The number of ether oxygens (including phenoxy) is 2. The van der Waals surface area contributed by atoms with E-state index in [-0.39, 0.29) is 17.4 Å². The lowest BCUT2D eigenvalue weighted by Gasteiger charge is -2.49. The van der Waals surface area contributed by atoms with Crippen molar-refractivity contribution in [1.29, 1.82) is 0 Å². The summed E-state index contributed by atoms with van der Waals surface area (Å²) in [5.41, 5.74) is 7.86. The van der Waals surface area contributed by atoms with Gasteiger partial charge in [-0.15, -0.1) is 0 Å². The molecule has 4 N–H and O–H groups in total. The van der Waals surface area contributed by atoms with Gasteiger partial charge in [-0.05, 0) is 50.1 Å². The van der Waals surface area contributed by atoms with Gasteiger partial charge in [-0.2, -0.15) is 0 Å². The molecule has 3 aliphatic rings. The Kier molecular flexibility index (Phi) is 8.14. The summed E-state index contributed by atoms with van der Waals surface area (Å²) in [7, 11) is 1.65. The number of rotatable bonds is 9. The molecule has 1 aromatic rings. The van der Waals surface area contributed by atoms with E-state index in [1.807, 2.05) is 13.0 Å². The average molecular weight is 500 g/mol. The average Bonchev–Trinajstić information content (AvgIpc) is 2.86. The number of carbonyl (C=O) groups excluding carboxylic acids is 1. The first-order valence-electron chi connectivity index (χ1n) is 12.6. The van der Waals surface area contributed by atoms with Crippen LogP contribution in [0, 0.1) is 12.7 Å². The van der Waals surface area contributed by atoms with E-state index in [9.17, 15) is 9.18 Å². The van der Waals surface area contributed by atoms with E-state index in [1.54, 1.807) is 19.4 Å². The van der Waals surface area contributed by atoms with Crippen molar-refractivity contribution in [1.82, 2.24) is 15.1 Å². The number of benzene rings is 1. The number of dihydropyridines is 1. The number of primary amides is 1. The molecule has 1 aliphatic carbocycles. The molecule has 2 aliphatic heterocycles. The first kappa shape index (κ1) is 26.3. The minimum absolute atomic E-state index is 0.166. The highest BCUT2D eigenvalue weighted by atomic mass is 19.1. The van der Waals surface area contributed by atoms with Crippen LogP contribution in [-0.4, -0.2) is 80.0 Å². The Morgan fingerprint density at radius 1 is 1.28 bits per heavy atom. The van der Waals surface area contributed by atoms with Gasteiger partial charge in [0.15, 0.2) is 0 Å². The number of methoxy groups -OCH3 is 1. The number of nitrogens with one attached hydrogen (secondary N) is 2. The summed E-state index contributed by atoms with van der Waals surface area (Å²) < 4.78 is 26.6. The maximum atomic E-state index is 14.8. The molecule has 2 unspecified atom stereocenters. The zero-order valence-electron chi connectivity index (χ0n) is 21.6. The van der Waals surface area contributed by atoms with E-state index in [0.717, 1.165) is 37.3 Å². The van der Waals surface area contributed by atoms with Crippen LogP contribution in [0.4, 0.5) is 10.1 Å². The van der Waals surface area contributed by atoms with Crippen molar-refractivity contribution in [3.05, 3.63) is 64.8 Å². The van der Waals surface area contributed by atoms with E-state index < -0.39 is 11.6 Å². The first-order valence-corrected chi connectivity index (χ1v) is 12.6. The van der Waals surface area contributed by atoms with Crippen LogP contribution in [0.25, 0.3) is 0 Å². The third-order valence-electron chi connectivity index (χ3n) is 7.23. The Morgan fingerprint density at radius 2 is 2.03 bits per heavy atom. The number of anilines is 1. The van der Waals surface area contributed by atoms with Crippen molar-refractivity contribution in [2.24, 2.45) is 5.73 Å². The quantitative estimate of drug-likeness (QED) is 0.355. The van der Waals surface area contributed by atoms with Gasteiger partial charge in [0, 0.05) is 52.0 Å². The van der Waals surface area contributed by atoms with Gasteiger partial charge < -0.3 is 25.8 Å². The van der Waals surface area contributed by atoms with E-state index in [1.165, 1.54) is 6.07 Å². The molecule has 1 saturated heterocycles. The molecule has 2 atom stereocenters. The lowest BCUT2D eigenvalue weighted by molar-refractivity contribution is -0.145. The van der Waals surface area contributed by atoms with Crippen LogP contribution in [-0.2, 0) is 14.3 Å². The topological polar surface area (TPSA) is 92.1 Å². The van der Waals surface area contributed by atoms with Gasteiger partial charge in [-0.25, -0.2) is 4.39 Å². The number of halogens is 1. The van der Waals surface area contributed by atoms with Gasteiger partial charge in [0.25, 0.3) is 5.91 Å². The number of nitrogens with two attached hydrogens (primary N) is 1. The lowest BCUT2D eigenvalue weighted by atomic mass is 9.83. The van der Waals surface area contributed by atoms with Crippen molar-refractivity contribution < 1.29 is 18.7 Å². The summed E-state index contributed by atoms with van der Waals surface area (Å²) >= 11 is 0. The zero-order valence-corrected chi connectivity index (χ0v) is 21.6. The van der Waals surface area contributed by atoms with Crippen LogP contribution < -0.4 is 16.4 Å². The second-order valence-corrected chi connectivity index (χ2v) is 9.91. The predicted molar refractivity (Wildman–Crippen MR) is 139 cm³/mol. The standard InChI is InChI=1S/C27H38FN5O3/c1-18(2)32-9-11-33(12-10-32)27(36-14-13-35-4)8-7-23-20(16-27)25(21(17-30-23)26(29)34)31-24-6-5-19(3)15-22(24)28/h5-8,15,17-18,23,30-31H,9-14,16H2,1-4H3,(H2,29,34). The Hall–Kier alpha value is -2.72. The van der Waals surface area contributed by atoms with Gasteiger partial charge in [0.05, 0.1) is 36.2 Å². The number of hydrogen-bond donors (Lipinski definition) is 3. The number of carbonyl (C=O) groups is 1. The minimum atomic E-state index is -0.714. The third kappa shape index (κ3) is 5.49. The molecule has 0 bridgehead atoms. The van der Waals surface area contributed by atoms with Crippen LogP contribution in [0.15, 0.2) is 53.4 Å². The van der Waals surface area contributed by atoms with Crippen LogP contribution in [0.1, 0.15) is 25.8 Å². The molecule has 36 heavy (non-hydrogen) atoms. The second kappa shape index (κ2) is 11.1. The predicted octanol–water partition coefficient (Wildman–Crippen LogP) is 2.49. The molecule has 196 valence electrons. The summed E-state index contributed by atoms with van der Waals surface area (Å²) in [4.78, 5) is 17.2. The molecule has 8 nitrogen and oxygen atoms in total. The molecule has 1 amide bonds. The molecule has 0 radical (unpaired) electrons. The van der Waals surface area contributed by atoms with E-state index >= 15 is 0 Å². The molecule has 2 heterocycles. The number of nitrogens with zero attached hydrogens (tertiary/aromatic N) is 2. The molecule has 0 aromatic heterocycles. The summed E-state index contributed by atoms with van der Waals surface area (Å²) in [6.07, 6.45) is 6.27. The smallest absolute Gasteiger partial charge is 0.252 e. The minimum Gasteiger partial charge on any atom is -0.382 e. The number of piperazine rings is 1. The van der Waals surface area contributed by atoms with Gasteiger partial charge in [-0.1, -0.05) is 12.1 Å². The monoisotopic (exact) mass is 499 g/mol. The van der Waals surface area contributed by atoms with Crippen molar-refractivity contribution in [2.75, 3.05) is 51.8 Å². The first-order chi connectivity index (χ1) is 17.2. The molecule has 0 saturated carbocycles. The lowest BCUT2D eigenvalue weighted by Crippen LogP contribution is -2.60. The highest BCUT2D eigenvalue weighted by Crippen LogP contribution is 2.39. The Labute approximate surface area is 213 Å². The normalized spacial score (nSPS) is 24.9.